The number of amides is 2. The highest BCUT2D eigenvalue weighted by Crippen LogP contribution is 2.28. The molecule has 0 aliphatic carbocycles. The lowest BCUT2D eigenvalue weighted by Crippen LogP contribution is -2.36. The summed E-state index contributed by atoms with van der Waals surface area (Å²) < 4.78 is 10.2. The smallest absolute Gasteiger partial charge is 0.307 e. The minimum atomic E-state index is -0.518. The fraction of sp³-hybridized carbons (Fsp3) is 0.375. The van der Waals surface area contributed by atoms with Gasteiger partial charge in [-0.1, -0.05) is 29.8 Å². The Kier molecular flexibility index (Phi) is 7.28. The maximum absolute atomic E-state index is 13.0. The van der Waals surface area contributed by atoms with Crippen LogP contribution in [0.5, 0.6) is 5.75 Å². The first kappa shape index (κ1) is 22.3. The maximum atomic E-state index is 13.0. The second-order valence-corrected chi connectivity index (χ2v) is 7.58. The van der Waals surface area contributed by atoms with E-state index in [0.29, 0.717) is 6.61 Å². The van der Waals surface area contributed by atoms with E-state index in [1.165, 1.54) is 7.11 Å². The van der Waals surface area contributed by atoms with Gasteiger partial charge in [0.25, 0.3) is 0 Å². The number of methoxy groups -OCH3 is 1. The Labute approximate surface area is 182 Å². The third-order valence-electron chi connectivity index (χ3n) is 5.35. The predicted octanol–water partition coefficient (Wildman–Crippen LogP) is 3.17. The Morgan fingerprint density at radius 1 is 1.13 bits per heavy atom. The third kappa shape index (κ3) is 5.63. The zero-order chi connectivity index (χ0) is 22.4. The molecule has 0 radical (unpaired) electrons. The van der Waals surface area contributed by atoms with Crippen LogP contribution in [0.15, 0.2) is 48.5 Å². The molecule has 0 aromatic heterocycles. The van der Waals surface area contributed by atoms with Crippen molar-refractivity contribution < 1.29 is 23.9 Å². The number of nitrogens with one attached hydrogen (secondary N) is 1. The van der Waals surface area contributed by atoms with Gasteiger partial charge in [-0.25, -0.2) is 0 Å². The molecule has 7 nitrogen and oxygen atoms in total. The van der Waals surface area contributed by atoms with E-state index in [4.69, 9.17) is 9.47 Å². The fourth-order valence-corrected chi connectivity index (χ4v) is 3.61. The molecule has 31 heavy (non-hydrogen) atoms. The van der Waals surface area contributed by atoms with Gasteiger partial charge in [0.05, 0.1) is 32.1 Å². The summed E-state index contributed by atoms with van der Waals surface area (Å²) in [6, 6.07) is 14.4. The van der Waals surface area contributed by atoms with Crippen molar-refractivity contribution in [3.63, 3.8) is 0 Å². The molecule has 1 saturated heterocycles. The molecule has 2 atom stereocenters. The minimum Gasteiger partial charge on any atom is -0.494 e. The molecule has 1 aliphatic heterocycles. The summed E-state index contributed by atoms with van der Waals surface area (Å²) in [5.74, 6) is -0.537. The summed E-state index contributed by atoms with van der Waals surface area (Å²) in [6.07, 6.45) is 0.145. The third-order valence-corrected chi connectivity index (χ3v) is 5.35. The summed E-state index contributed by atoms with van der Waals surface area (Å²) in [5.41, 5.74) is 2.63. The Bertz CT molecular complexity index is 924. The predicted molar refractivity (Wildman–Crippen MR) is 117 cm³/mol. The highest BCUT2D eigenvalue weighted by molar-refractivity contribution is 6.00. The number of aryl methyl sites for hydroxylation is 1. The average Bonchev–Trinajstić information content (AvgIpc) is 3.16. The van der Waals surface area contributed by atoms with Crippen LogP contribution >= 0.6 is 0 Å². The fourth-order valence-electron chi connectivity index (χ4n) is 3.61. The van der Waals surface area contributed by atoms with Crippen molar-refractivity contribution in [2.75, 3.05) is 25.2 Å². The number of benzene rings is 2. The van der Waals surface area contributed by atoms with Crippen LogP contribution in [-0.2, 0) is 19.1 Å². The largest absolute Gasteiger partial charge is 0.494 e. The van der Waals surface area contributed by atoms with E-state index in [1.54, 1.807) is 4.90 Å². The molecule has 0 saturated carbocycles. The van der Waals surface area contributed by atoms with Gasteiger partial charge in [0, 0.05) is 18.7 Å². The van der Waals surface area contributed by atoms with E-state index < -0.39 is 17.9 Å². The molecule has 164 valence electrons. The van der Waals surface area contributed by atoms with Crippen molar-refractivity contribution in [2.45, 2.75) is 32.7 Å². The van der Waals surface area contributed by atoms with Crippen LogP contribution in [-0.4, -0.2) is 38.0 Å². The van der Waals surface area contributed by atoms with Crippen LogP contribution < -0.4 is 15.0 Å². The van der Waals surface area contributed by atoms with Gasteiger partial charge in [0.2, 0.25) is 11.8 Å². The number of esters is 1. The molecule has 0 bridgehead atoms. The first-order chi connectivity index (χ1) is 14.9. The second-order valence-electron chi connectivity index (χ2n) is 7.58. The lowest BCUT2D eigenvalue weighted by atomic mass is 10.0. The molecule has 1 heterocycles. The summed E-state index contributed by atoms with van der Waals surface area (Å²) in [6.45, 7) is 4.73. The minimum absolute atomic E-state index is 0.0224. The molecule has 0 spiro atoms. The lowest BCUT2D eigenvalue weighted by molar-refractivity contribution is -0.141. The number of hydrogen-bond acceptors (Lipinski definition) is 5. The van der Waals surface area contributed by atoms with Crippen molar-refractivity contribution in [1.82, 2.24) is 5.32 Å². The van der Waals surface area contributed by atoms with E-state index in [0.717, 1.165) is 22.6 Å². The van der Waals surface area contributed by atoms with E-state index >= 15 is 0 Å². The zero-order valence-electron chi connectivity index (χ0n) is 18.1. The van der Waals surface area contributed by atoms with E-state index in [2.05, 4.69) is 5.32 Å². The Hall–Kier alpha value is -3.35. The number of ether oxygens (including phenoxy) is 2. The molecule has 2 aromatic carbocycles. The topological polar surface area (TPSA) is 84.9 Å². The molecule has 0 unspecified atom stereocenters. The highest BCUT2D eigenvalue weighted by Gasteiger charge is 2.36. The van der Waals surface area contributed by atoms with Crippen LogP contribution in [0, 0.1) is 12.8 Å². The number of nitrogens with zero attached hydrogens (tertiary/aromatic N) is 1. The number of carbonyl (C=O) groups is 3. The van der Waals surface area contributed by atoms with Gasteiger partial charge in [0.1, 0.15) is 5.75 Å². The molecule has 2 aromatic rings. The Morgan fingerprint density at radius 3 is 2.42 bits per heavy atom. The first-order valence-corrected chi connectivity index (χ1v) is 10.4. The van der Waals surface area contributed by atoms with Crippen molar-refractivity contribution in [2.24, 2.45) is 5.92 Å². The van der Waals surface area contributed by atoms with E-state index in [9.17, 15) is 14.4 Å². The molecule has 1 aliphatic rings. The van der Waals surface area contributed by atoms with Crippen molar-refractivity contribution in [1.29, 1.82) is 0 Å². The summed E-state index contributed by atoms with van der Waals surface area (Å²) in [7, 11) is 1.32. The van der Waals surface area contributed by atoms with Crippen LogP contribution in [0.4, 0.5) is 5.69 Å². The Balaban J connectivity index is 1.69. The normalized spacial score (nSPS) is 16.7. The summed E-state index contributed by atoms with van der Waals surface area (Å²) in [4.78, 5) is 39.0. The zero-order valence-corrected chi connectivity index (χ0v) is 18.1. The van der Waals surface area contributed by atoms with Gasteiger partial charge >= 0.3 is 5.97 Å². The summed E-state index contributed by atoms with van der Waals surface area (Å²) >= 11 is 0. The molecule has 7 heteroatoms. The number of carbonyl (C=O) groups excluding carboxylic acids is 3. The molecular weight excluding hydrogens is 396 g/mol. The first-order valence-electron chi connectivity index (χ1n) is 10.4. The van der Waals surface area contributed by atoms with Gasteiger partial charge in [-0.2, -0.15) is 0 Å². The number of rotatable bonds is 8. The van der Waals surface area contributed by atoms with Gasteiger partial charge in [0.15, 0.2) is 0 Å². The molecular formula is C24H28N2O5. The maximum Gasteiger partial charge on any atom is 0.307 e. The number of hydrogen-bond donors (Lipinski definition) is 1. The lowest BCUT2D eigenvalue weighted by Gasteiger charge is -2.21. The average molecular weight is 424 g/mol. The monoisotopic (exact) mass is 424 g/mol. The standard InChI is InChI=1S/C24H28N2O5/c1-4-31-20-11-9-19(10-12-20)26-15-18(13-22(26)27)24(29)25-21(14-23(28)30-3)17-7-5-16(2)6-8-17/h5-12,18,21H,4,13-15H2,1-3H3,(H,25,29)/t18-,21+/m0/s1. The van der Waals surface area contributed by atoms with Crippen LogP contribution in [0.1, 0.15) is 36.9 Å². The van der Waals surface area contributed by atoms with E-state index in [-0.39, 0.29) is 31.2 Å². The van der Waals surface area contributed by atoms with Crippen LogP contribution in [0.2, 0.25) is 0 Å². The second kappa shape index (κ2) is 10.1. The number of anilines is 1. The van der Waals surface area contributed by atoms with Crippen LogP contribution in [0.25, 0.3) is 0 Å². The molecule has 1 N–H and O–H groups in total. The van der Waals surface area contributed by atoms with Crippen molar-refractivity contribution in [3.05, 3.63) is 59.7 Å². The van der Waals surface area contributed by atoms with Gasteiger partial charge in [-0.05, 0) is 43.7 Å². The van der Waals surface area contributed by atoms with E-state index in [1.807, 2.05) is 62.4 Å². The molecule has 3 rings (SSSR count). The van der Waals surface area contributed by atoms with Gasteiger partial charge < -0.3 is 19.7 Å². The summed E-state index contributed by atoms with van der Waals surface area (Å²) in [5, 5.41) is 2.94. The highest BCUT2D eigenvalue weighted by atomic mass is 16.5. The van der Waals surface area contributed by atoms with Crippen molar-refractivity contribution >= 4 is 23.5 Å². The van der Waals surface area contributed by atoms with Gasteiger partial charge in [-0.15, -0.1) is 0 Å². The quantitative estimate of drug-likeness (QED) is 0.658. The molecule has 1 fully saturated rings. The van der Waals surface area contributed by atoms with Gasteiger partial charge in [-0.3, -0.25) is 14.4 Å². The Morgan fingerprint density at radius 2 is 1.81 bits per heavy atom. The SMILES string of the molecule is CCOc1ccc(N2C[C@@H](C(=O)N[C@H](CC(=O)OC)c3ccc(C)cc3)CC2=O)cc1. The van der Waals surface area contributed by atoms with Crippen LogP contribution in [0.3, 0.4) is 0 Å². The van der Waals surface area contributed by atoms with Crippen molar-refractivity contribution in [3.8, 4) is 5.75 Å². The molecule has 2 amide bonds.